The topological polar surface area (TPSA) is 0 Å². The molecule has 0 heterocycles. The lowest BCUT2D eigenvalue weighted by molar-refractivity contribution is 1.58. The molecular formula is C14H10. The van der Waals surface area contributed by atoms with E-state index in [1.54, 1.807) is 0 Å². The highest BCUT2D eigenvalue weighted by atomic mass is 14.2. The van der Waals surface area contributed by atoms with Crippen LogP contribution in [0.4, 0.5) is 0 Å². The van der Waals surface area contributed by atoms with Crippen LogP contribution < -0.4 is 0 Å². The van der Waals surface area contributed by atoms with Crippen LogP contribution in [0.1, 0.15) is 5.56 Å². The summed E-state index contributed by atoms with van der Waals surface area (Å²) < 4.78 is 0. The molecule has 0 spiro atoms. The first-order valence-corrected chi connectivity index (χ1v) is 4.82. The molecule has 0 bridgehead atoms. The number of hydrogen-bond acceptors (Lipinski definition) is 0. The van der Waals surface area contributed by atoms with E-state index in [1.807, 2.05) is 0 Å². The number of benzene rings is 1. The van der Waals surface area contributed by atoms with Crippen molar-refractivity contribution in [1.82, 2.24) is 0 Å². The van der Waals surface area contributed by atoms with E-state index in [0.717, 1.165) is 0 Å². The van der Waals surface area contributed by atoms with Gasteiger partial charge in [0, 0.05) is 0 Å². The Morgan fingerprint density at radius 3 is 2.43 bits per heavy atom. The molecule has 0 saturated carbocycles. The Labute approximate surface area is 83.6 Å². The van der Waals surface area contributed by atoms with E-state index in [4.69, 9.17) is 0 Å². The maximum Gasteiger partial charge on any atom is -0.0105 e. The minimum absolute atomic E-state index is 1.30. The molecule has 0 nitrogen and oxygen atoms in total. The molecule has 1 aromatic rings. The van der Waals surface area contributed by atoms with E-state index in [0.29, 0.717) is 0 Å². The summed E-state index contributed by atoms with van der Waals surface area (Å²) in [5.41, 5.74) is 5.33. The minimum Gasteiger partial charge on any atom is -0.0622 e. The van der Waals surface area contributed by atoms with Crippen molar-refractivity contribution in [2.75, 3.05) is 0 Å². The van der Waals surface area contributed by atoms with Gasteiger partial charge in [-0.3, -0.25) is 0 Å². The summed E-state index contributed by atoms with van der Waals surface area (Å²) in [4.78, 5) is 0. The lowest BCUT2D eigenvalue weighted by Gasteiger charge is -2.04. The Bertz CT molecular complexity index is 482. The summed E-state index contributed by atoms with van der Waals surface area (Å²) in [5, 5.41) is 0. The normalized spacial score (nSPS) is 17.6. The van der Waals surface area contributed by atoms with Gasteiger partial charge in [0.05, 0.1) is 0 Å². The molecular weight excluding hydrogens is 168 g/mol. The Kier molecular flexibility index (Phi) is 1.54. The summed E-state index contributed by atoms with van der Waals surface area (Å²) in [6.45, 7) is 0. The van der Waals surface area contributed by atoms with Gasteiger partial charge < -0.3 is 0 Å². The maximum absolute atomic E-state index is 2.19. The van der Waals surface area contributed by atoms with Crippen molar-refractivity contribution >= 4 is 5.57 Å². The summed E-state index contributed by atoms with van der Waals surface area (Å²) in [6, 6.07) is 10.5. The van der Waals surface area contributed by atoms with E-state index in [9.17, 15) is 0 Å². The first kappa shape index (κ1) is 7.57. The van der Waals surface area contributed by atoms with E-state index in [2.05, 4.69) is 60.7 Å². The molecule has 2 aliphatic rings. The van der Waals surface area contributed by atoms with Crippen molar-refractivity contribution in [3.63, 3.8) is 0 Å². The largest absolute Gasteiger partial charge is 0.0622 e. The van der Waals surface area contributed by atoms with Gasteiger partial charge in [0.25, 0.3) is 0 Å². The number of fused-ring (bicyclic) bond motifs is 1. The van der Waals surface area contributed by atoms with Crippen molar-refractivity contribution in [3.8, 4) is 0 Å². The molecule has 14 heavy (non-hydrogen) atoms. The minimum atomic E-state index is 1.30. The molecule has 66 valence electrons. The first-order chi connectivity index (χ1) is 6.95. The number of rotatable bonds is 1. The van der Waals surface area contributed by atoms with Crippen molar-refractivity contribution < 1.29 is 0 Å². The summed E-state index contributed by atoms with van der Waals surface area (Å²) >= 11 is 0. The van der Waals surface area contributed by atoms with Crippen LogP contribution in [-0.2, 0) is 0 Å². The lowest BCUT2D eigenvalue weighted by atomic mass is 9.99. The summed E-state index contributed by atoms with van der Waals surface area (Å²) in [5.74, 6) is 0. The molecule has 0 amide bonds. The van der Waals surface area contributed by atoms with Crippen LogP contribution in [0.3, 0.4) is 0 Å². The molecule has 0 radical (unpaired) electrons. The van der Waals surface area contributed by atoms with Gasteiger partial charge in [-0.05, 0) is 22.3 Å². The summed E-state index contributed by atoms with van der Waals surface area (Å²) in [6.07, 6.45) is 10.8. The zero-order valence-electron chi connectivity index (χ0n) is 7.77. The highest BCUT2D eigenvalue weighted by Crippen LogP contribution is 2.36. The van der Waals surface area contributed by atoms with Gasteiger partial charge in [0.1, 0.15) is 0 Å². The predicted molar refractivity (Wildman–Crippen MR) is 59.7 cm³/mol. The van der Waals surface area contributed by atoms with Gasteiger partial charge in [-0.25, -0.2) is 0 Å². The van der Waals surface area contributed by atoms with Crippen LogP contribution in [0.2, 0.25) is 0 Å². The highest BCUT2D eigenvalue weighted by molar-refractivity contribution is 5.91. The monoisotopic (exact) mass is 178 g/mol. The third kappa shape index (κ3) is 1.01. The predicted octanol–water partition coefficient (Wildman–Crippen LogP) is 3.51. The van der Waals surface area contributed by atoms with Crippen LogP contribution in [0.5, 0.6) is 0 Å². The van der Waals surface area contributed by atoms with Crippen molar-refractivity contribution in [1.29, 1.82) is 0 Å². The van der Waals surface area contributed by atoms with Crippen LogP contribution in [0.25, 0.3) is 5.57 Å². The second-order valence-electron chi connectivity index (χ2n) is 3.51. The molecule has 1 aromatic carbocycles. The van der Waals surface area contributed by atoms with Crippen molar-refractivity contribution in [2.45, 2.75) is 0 Å². The molecule has 2 aliphatic carbocycles. The molecule has 0 atom stereocenters. The smallest absolute Gasteiger partial charge is 0.0105 e. The molecule has 0 saturated heterocycles. The maximum atomic E-state index is 2.19. The van der Waals surface area contributed by atoms with Crippen LogP contribution in [-0.4, -0.2) is 0 Å². The Hall–Kier alpha value is -1.82. The van der Waals surface area contributed by atoms with E-state index in [1.165, 1.54) is 22.3 Å². The van der Waals surface area contributed by atoms with Crippen molar-refractivity contribution in [3.05, 3.63) is 77.4 Å². The second kappa shape index (κ2) is 2.85. The van der Waals surface area contributed by atoms with E-state index in [-0.39, 0.29) is 0 Å². The molecule has 0 N–H and O–H groups in total. The first-order valence-electron chi connectivity index (χ1n) is 4.82. The zero-order valence-corrected chi connectivity index (χ0v) is 7.77. The highest BCUT2D eigenvalue weighted by Gasteiger charge is 2.16. The molecule has 0 unspecified atom stereocenters. The average Bonchev–Trinajstić information content (AvgIpc) is 2.79. The second-order valence-corrected chi connectivity index (χ2v) is 3.51. The van der Waals surface area contributed by atoms with Gasteiger partial charge in [-0.2, -0.15) is 0 Å². The number of hydrogen-bond donors (Lipinski definition) is 0. The SMILES string of the molecule is C1=CC2=CC=C(c3ccccc3)C2=C1. The average molecular weight is 178 g/mol. The van der Waals surface area contributed by atoms with E-state index < -0.39 is 0 Å². The van der Waals surface area contributed by atoms with Crippen LogP contribution in [0.15, 0.2) is 71.9 Å². The van der Waals surface area contributed by atoms with Gasteiger partial charge >= 0.3 is 0 Å². The van der Waals surface area contributed by atoms with Crippen LogP contribution >= 0.6 is 0 Å². The lowest BCUT2D eigenvalue weighted by Crippen LogP contribution is -1.84. The number of allylic oxidation sites excluding steroid dienone is 8. The third-order valence-corrected chi connectivity index (χ3v) is 2.65. The van der Waals surface area contributed by atoms with Crippen molar-refractivity contribution in [2.24, 2.45) is 0 Å². The van der Waals surface area contributed by atoms with Crippen LogP contribution in [0, 0.1) is 0 Å². The fourth-order valence-electron chi connectivity index (χ4n) is 1.96. The quantitative estimate of drug-likeness (QED) is 0.617. The zero-order chi connectivity index (χ0) is 9.38. The molecule has 3 rings (SSSR count). The fourth-order valence-corrected chi connectivity index (χ4v) is 1.96. The molecule has 0 aliphatic heterocycles. The molecule has 0 heteroatoms. The van der Waals surface area contributed by atoms with E-state index >= 15 is 0 Å². The fraction of sp³-hybridized carbons (Fsp3) is 0. The van der Waals surface area contributed by atoms with Gasteiger partial charge in [0.15, 0.2) is 0 Å². The van der Waals surface area contributed by atoms with Gasteiger partial charge in [-0.1, -0.05) is 60.7 Å². The third-order valence-electron chi connectivity index (χ3n) is 2.65. The molecule has 0 fully saturated rings. The Morgan fingerprint density at radius 2 is 1.57 bits per heavy atom. The van der Waals surface area contributed by atoms with Gasteiger partial charge in [-0.15, -0.1) is 0 Å². The standard InChI is InChI=1S/C14H10/c1-2-5-11(6-3-1)14-10-9-12-7-4-8-13(12)14/h1-10H. The van der Waals surface area contributed by atoms with Gasteiger partial charge in [0.2, 0.25) is 0 Å². The molecule has 0 aromatic heterocycles. The Morgan fingerprint density at radius 1 is 0.714 bits per heavy atom. The Balaban J connectivity index is 2.05. The summed E-state index contributed by atoms with van der Waals surface area (Å²) in [7, 11) is 0.